The molecule has 1 aromatic heterocycles. The maximum absolute atomic E-state index is 4.84. The molecular formula is C17H21N. The van der Waals surface area contributed by atoms with Gasteiger partial charge in [-0.05, 0) is 60.4 Å². The maximum Gasteiger partial charge on any atom is 0.0705 e. The Hall–Kier alpha value is -1.37. The average molecular weight is 239 g/mol. The highest BCUT2D eigenvalue weighted by Crippen LogP contribution is 2.28. The van der Waals surface area contributed by atoms with E-state index in [1.807, 2.05) is 0 Å². The molecule has 1 aliphatic carbocycles. The van der Waals surface area contributed by atoms with Gasteiger partial charge in [-0.25, -0.2) is 0 Å². The van der Waals surface area contributed by atoms with E-state index in [2.05, 4.69) is 45.0 Å². The molecule has 0 amide bonds. The van der Waals surface area contributed by atoms with Crippen LogP contribution in [0.4, 0.5) is 0 Å². The van der Waals surface area contributed by atoms with Crippen LogP contribution in [0.25, 0.3) is 10.9 Å². The van der Waals surface area contributed by atoms with Crippen molar-refractivity contribution < 1.29 is 0 Å². The number of benzene rings is 1. The third-order valence-electron chi connectivity index (χ3n) is 3.96. The number of hydrogen-bond donors (Lipinski definition) is 0. The van der Waals surface area contributed by atoms with Gasteiger partial charge in [0.15, 0.2) is 0 Å². The zero-order valence-corrected chi connectivity index (χ0v) is 11.6. The molecule has 1 heteroatoms. The molecule has 18 heavy (non-hydrogen) atoms. The summed E-state index contributed by atoms with van der Waals surface area (Å²) in [6.45, 7) is 6.79. The fraction of sp³-hybridized carbons (Fsp3) is 0.471. The first-order valence-electron chi connectivity index (χ1n) is 6.97. The molecule has 1 nitrogen and oxygen atoms in total. The van der Waals surface area contributed by atoms with Gasteiger partial charge in [0.25, 0.3) is 0 Å². The van der Waals surface area contributed by atoms with Crippen molar-refractivity contribution in [1.29, 1.82) is 0 Å². The quantitative estimate of drug-likeness (QED) is 0.663. The van der Waals surface area contributed by atoms with E-state index >= 15 is 0 Å². The highest BCUT2D eigenvalue weighted by molar-refractivity contribution is 5.80. The summed E-state index contributed by atoms with van der Waals surface area (Å²) in [4.78, 5) is 4.84. The van der Waals surface area contributed by atoms with Crippen LogP contribution in [-0.4, -0.2) is 4.98 Å². The van der Waals surface area contributed by atoms with Crippen LogP contribution in [0, 0.1) is 0 Å². The van der Waals surface area contributed by atoms with Crippen LogP contribution >= 0.6 is 0 Å². The van der Waals surface area contributed by atoms with E-state index in [4.69, 9.17) is 4.98 Å². The average Bonchev–Trinajstić information content (AvgIpc) is 2.34. The predicted octanol–water partition coefficient (Wildman–Crippen LogP) is 4.41. The normalized spacial score (nSPS) is 15.7. The Morgan fingerprint density at radius 3 is 2.56 bits per heavy atom. The van der Waals surface area contributed by atoms with E-state index in [1.165, 1.54) is 41.5 Å². The lowest BCUT2D eigenvalue weighted by molar-refractivity contribution is 0.591. The number of rotatable bonds is 0. The number of hydrogen-bond acceptors (Lipinski definition) is 1. The Balaban J connectivity index is 2.16. The lowest BCUT2D eigenvalue weighted by Gasteiger charge is -2.20. The van der Waals surface area contributed by atoms with Crippen LogP contribution in [0.15, 0.2) is 24.3 Å². The highest BCUT2D eigenvalue weighted by Gasteiger charge is 2.16. The number of fused-ring (bicyclic) bond motifs is 2. The lowest BCUT2D eigenvalue weighted by Crippen LogP contribution is -2.11. The molecule has 0 unspecified atom stereocenters. The molecule has 0 bridgehead atoms. The Morgan fingerprint density at radius 1 is 1.00 bits per heavy atom. The number of aromatic nitrogens is 1. The molecule has 0 atom stereocenters. The molecule has 1 aromatic carbocycles. The lowest BCUT2D eigenvalue weighted by atomic mass is 9.86. The van der Waals surface area contributed by atoms with Crippen molar-refractivity contribution >= 4 is 10.9 Å². The van der Waals surface area contributed by atoms with Gasteiger partial charge in [0.2, 0.25) is 0 Å². The van der Waals surface area contributed by atoms with E-state index in [1.54, 1.807) is 0 Å². The summed E-state index contributed by atoms with van der Waals surface area (Å²) >= 11 is 0. The van der Waals surface area contributed by atoms with Gasteiger partial charge in [0.05, 0.1) is 5.52 Å². The Kier molecular flexibility index (Phi) is 2.65. The predicted molar refractivity (Wildman–Crippen MR) is 77.1 cm³/mol. The summed E-state index contributed by atoms with van der Waals surface area (Å²) in [6, 6.07) is 9.10. The highest BCUT2D eigenvalue weighted by atomic mass is 14.7. The molecule has 0 radical (unpaired) electrons. The fourth-order valence-electron chi connectivity index (χ4n) is 2.77. The second-order valence-electron chi connectivity index (χ2n) is 6.46. The molecule has 2 aromatic rings. The zero-order chi connectivity index (χ0) is 12.8. The smallest absolute Gasteiger partial charge is 0.0705 e. The summed E-state index contributed by atoms with van der Waals surface area (Å²) in [6.07, 6.45) is 4.98. The number of aryl methyl sites for hydroxylation is 2. The van der Waals surface area contributed by atoms with E-state index in [9.17, 15) is 0 Å². The molecule has 0 spiro atoms. The van der Waals surface area contributed by atoms with E-state index in [0.717, 1.165) is 11.9 Å². The second-order valence-corrected chi connectivity index (χ2v) is 6.46. The van der Waals surface area contributed by atoms with Gasteiger partial charge in [-0.15, -0.1) is 0 Å². The van der Waals surface area contributed by atoms with Gasteiger partial charge in [-0.3, -0.25) is 4.98 Å². The summed E-state index contributed by atoms with van der Waals surface area (Å²) in [5.41, 5.74) is 5.57. The van der Waals surface area contributed by atoms with Crippen molar-refractivity contribution in [3.8, 4) is 0 Å². The molecule has 0 aliphatic heterocycles. The molecule has 0 fully saturated rings. The van der Waals surface area contributed by atoms with Crippen LogP contribution in [0.5, 0.6) is 0 Å². The summed E-state index contributed by atoms with van der Waals surface area (Å²) < 4.78 is 0. The minimum atomic E-state index is 0.212. The van der Waals surface area contributed by atoms with Gasteiger partial charge in [0.1, 0.15) is 0 Å². The van der Waals surface area contributed by atoms with Gasteiger partial charge in [0, 0.05) is 11.1 Å². The standard InChI is InChI=1S/C17H21N/c1-17(2,3)14-8-9-16-13(11-14)10-12-6-4-5-7-15(12)18-16/h8-11H,4-7H2,1-3H3. The minimum Gasteiger partial charge on any atom is -0.253 e. The molecule has 94 valence electrons. The fourth-order valence-corrected chi connectivity index (χ4v) is 2.77. The summed E-state index contributed by atoms with van der Waals surface area (Å²) in [7, 11) is 0. The third-order valence-corrected chi connectivity index (χ3v) is 3.96. The molecule has 0 saturated carbocycles. The van der Waals surface area contributed by atoms with Crippen LogP contribution in [0.1, 0.15) is 50.4 Å². The molecule has 1 heterocycles. The number of pyridine rings is 1. The molecule has 3 rings (SSSR count). The van der Waals surface area contributed by atoms with E-state index in [-0.39, 0.29) is 5.41 Å². The van der Waals surface area contributed by atoms with Gasteiger partial charge in [-0.2, -0.15) is 0 Å². The first-order valence-corrected chi connectivity index (χ1v) is 6.97. The van der Waals surface area contributed by atoms with Crippen LogP contribution in [-0.2, 0) is 18.3 Å². The van der Waals surface area contributed by atoms with Gasteiger partial charge < -0.3 is 0 Å². The van der Waals surface area contributed by atoms with Gasteiger partial charge in [-0.1, -0.05) is 26.8 Å². The molecule has 0 saturated heterocycles. The van der Waals surface area contributed by atoms with Crippen molar-refractivity contribution in [2.24, 2.45) is 0 Å². The largest absolute Gasteiger partial charge is 0.253 e. The Labute approximate surface area is 109 Å². The summed E-state index contributed by atoms with van der Waals surface area (Å²) in [5.74, 6) is 0. The van der Waals surface area contributed by atoms with E-state index < -0.39 is 0 Å². The maximum atomic E-state index is 4.84. The second kappa shape index (κ2) is 4.08. The molecule has 1 aliphatic rings. The minimum absolute atomic E-state index is 0.212. The van der Waals surface area contributed by atoms with Crippen molar-refractivity contribution in [1.82, 2.24) is 4.98 Å². The van der Waals surface area contributed by atoms with Crippen molar-refractivity contribution in [2.45, 2.75) is 51.9 Å². The first kappa shape index (κ1) is 11.7. The summed E-state index contributed by atoms with van der Waals surface area (Å²) in [5, 5.41) is 1.31. The topological polar surface area (TPSA) is 12.9 Å². The van der Waals surface area contributed by atoms with Crippen molar-refractivity contribution in [2.75, 3.05) is 0 Å². The Morgan fingerprint density at radius 2 is 1.78 bits per heavy atom. The van der Waals surface area contributed by atoms with Crippen LogP contribution < -0.4 is 0 Å². The monoisotopic (exact) mass is 239 g/mol. The van der Waals surface area contributed by atoms with Gasteiger partial charge >= 0.3 is 0 Å². The Bertz CT molecular complexity index is 590. The third kappa shape index (κ3) is 2.03. The van der Waals surface area contributed by atoms with E-state index in [0.29, 0.717) is 0 Å². The molecule has 0 N–H and O–H groups in total. The molecular weight excluding hydrogens is 218 g/mol. The van der Waals surface area contributed by atoms with Crippen LogP contribution in [0.2, 0.25) is 0 Å². The SMILES string of the molecule is CC(C)(C)c1ccc2nc3c(cc2c1)CCCC3. The van der Waals surface area contributed by atoms with Crippen molar-refractivity contribution in [3.63, 3.8) is 0 Å². The zero-order valence-electron chi connectivity index (χ0n) is 11.6. The van der Waals surface area contributed by atoms with Crippen LogP contribution in [0.3, 0.4) is 0 Å². The number of nitrogens with zero attached hydrogens (tertiary/aromatic N) is 1. The first-order chi connectivity index (χ1) is 8.54. The van der Waals surface area contributed by atoms with Crippen molar-refractivity contribution in [3.05, 3.63) is 41.1 Å².